The third-order valence-corrected chi connectivity index (χ3v) is 3.50. The Morgan fingerprint density at radius 1 is 1.53 bits per heavy atom. The normalized spacial score (nSPS) is 22.2. The molecule has 0 spiro atoms. The highest BCUT2D eigenvalue weighted by atomic mass is 16.4. The average molecular weight is 238 g/mol. The largest absolute Gasteiger partial charge is 0.443 e. The van der Waals surface area contributed by atoms with Crippen molar-refractivity contribution in [1.82, 2.24) is 9.88 Å². The number of hydrogen-bond acceptors (Lipinski definition) is 4. The van der Waals surface area contributed by atoms with Gasteiger partial charge >= 0.3 is 0 Å². The third kappa shape index (κ3) is 3.07. The summed E-state index contributed by atoms with van der Waals surface area (Å²) in [6.45, 7) is 5.60. The van der Waals surface area contributed by atoms with Crippen molar-refractivity contribution >= 4 is 0 Å². The molecule has 0 saturated carbocycles. The molecular weight excluding hydrogens is 216 g/mol. The van der Waals surface area contributed by atoms with Gasteiger partial charge in [0.05, 0.1) is 6.20 Å². The molecule has 1 N–H and O–H groups in total. The number of nitrogens with zero attached hydrogens (tertiary/aromatic N) is 2. The lowest BCUT2D eigenvalue weighted by molar-refractivity contribution is 0.106. The lowest BCUT2D eigenvalue weighted by Gasteiger charge is -2.38. The van der Waals surface area contributed by atoms with Crippen molar-refractivity contribution in [2.45, 2.75) is 58.2 Å². The molecule has 1 saturated heterocycles. The SMILES string of the molecule is CC(C)N1CCCCC1Cc1ncc(CO)o1. The van der Waals surface area contributed by atoms with Gasteiger partial charge in [0.2, 0.25) is 0 Å². The van der Waals surface area contributed by atoms with Crippen molar-refractivity contribution in [3.63, 3.8) is 0 Å². The fourth-order valence-electron chi connectivity index (χ4n) is 2.64. The fourth-order valence-corrected chi connectivity index (χ4v) is 2.64. The van der Waals surface area contributed by atoms with Crippen LogP contribution in [0.2, 0.25) is 0 Å². The monoisotopic (exact) mass is 238 g/mol. The van der Waals surface area contributed by atoms with Gasteiger partial charge in [-0.1, -0.05) is 6.42 Å². The van der Waals surface area contributed by atoms with Crippen LogP contribution in [0.4, 0.5) is 0 Å². The summed E-state index contributed by atoms with van der Waals surface area (Å²) in [4.78, 5) is 6.76. The van der Waals surface area contributed by atoms with Crippen molar-refractivity contribution in [1.29, 1.82) is 0 Å². The summed E-state index contributed by atoms with van der Waals surface area (Å²) in [5, 5.41) is 8.95. The molecule has 96 valence electrons. The zero-order valence-electron chi connectivity index (χ0n) is 10.7. The fraction of sp³-hybridized carbons (Fsp3) is 0.769. The molecule has 1 aliphatic rings. The maximum absolute atomic E-state index is 8.95. The Labute approximate surface area is 103 Å². The molecule has 1 fully saturated rings. The van der Waals surface area contributed by atoms with Gasteiger partial charge in [-0.3, -0.25) is 4.90 Å². The van der Waals surface area contributed by atoms with E-state index in [1.807, 2.05) is 0 Å². The topological polar surface area (TPSA) is 49.5 Å². The predicted octanol–water partition coefficient (Wildman–Crippen LogP) is 1.97. The van der Waals surface area contributed by atoms with Gasteiger partial charge < -0.3 is 9.52 Å². The first kappa shape index (κ1) is 12.6. The van der Waals surface area contributed by atoms with Crippen molar-refractivity contribution in [2.24, 2.45) is 0 Å². The van der Waals surface area contributed by atoms with Crippen molar-refractivity contribution < 1.29 is 9.52 Å². The van der Waals surface area contributed by atoms with E-state index in [9.17, 15) is 0 Å². The quantitative estimate of drug-likeness (QED) is 0.871. The molecule has 1 aromatic heterocycles. The molecule has 1 unspecified atom stereocenters. The van der Waals surface area contributed by atoms with Crippen LogP contribution in [0.1, 0.15) is 44.8 Å². The molecule has 17 heavy (non-hydrogen) atoms. The molecule has 1 aromatic rings. The van der Waals surface area contributed by atoms with Crippen LogP contribution >= 0.6 is 0 Å². The highest BCUT2D eigenvalue weighted by Gasteiger charge is 2.25. The number of aliphatic hydroxyl groups excluding tert-OH is 1. The van der Waals surface area contributed by atoms with Gasteiger partial charge in [-0.25, -0.2) is 4.98 Å². The predicted molar refractivity (Wildman–Crippen MR) is 65.6 cm³/mol. The van der Waals surface area contributed by atoms with Gasteiger partial charge in [-0.15, -0.1) is 0 Å². The van der Waals surface area contributed by atoms with Crippen LogP contribution in [0.5, 0.6) is 0 Å². The summed E-state index contributed by atoms with van der Waals surface area (Å²) in [5.74, 6) is 1.32. The number of aromatic nitrogens is 1. The molecular formula is C13H22N2O2. The lowest BCUT2D eigenvalue weighted by Crippen LogP contribution is -2.45. The Balaban J connectivity index is 2.00. The van der Waals surface area contributed by atoms with Gasteiger partial charge in [0, 0.05) is 18.5 Å². The van der Waals surface area contributed by atoms with E-state index in [0.717, 1.165) is 12.3 Å². The summed E-state index contributed by atoms with van der Waals surface area (Å²) in [6.07, 6.45) is 6.29. The van der Waals surface area contributed by atoms with E-state index in [0.29, 0.717) is 17.8 Å². The molecule has 2 rings (SSSR count). The van der Waals surface area contributed by atoms with Gasteiger partial charge in [0.25, 0.3) is 0 Å². The molecule has 1 atom stereocenters. The standard InChI is InChI=1S/C13H22N2O2/c1-10(2)15-6-4-3-5-11(15)7-13-14-8-12(9-16)17-13/h8,10-11,16H,3-7,9H2,1-2H3. The summed E-state index contributed by atoms with van der Waals surface area (Å²) in [7, 11) is 0. The molecule has 0 radical (unpaired) electrons. The first-order valence-corrected chi connectivity index (χ1v) is 6.51. The molecule has 0 amide bonds. The minimum Gasteiger partial charge on any atom is -0.443 e. The second kappa shape index (κ2) is 5.65. The first-order chi connectivity index (χ1) is 8.20. The minimum atomic E-state index is -0.0639. The second-order valence-electron chi connectivity index (χ2n) is 5.06. The highest BCUT2D eigenvalue weighted by Crippen LogP contribution is 2.22. The Kier molecular flexibility index (Phi) is 4.18. The van der Waals surface area contributed by atoms with E-state index < -0.39 is 0 Å². The van der Waals surface area contributed by atoms with Crippen LogP contribution in [0.25, 0.3) is 0 Å². The van der Waals surface area contributed by atoms with Gasteiger partial charge in [-0.05, 0) is 33.2 Å². The molecule has 4 nitrogen and oxygen atoms in total. The maximum Gasteiger partial charge on any atom is 0.196 e. The zero-order chi connectivity index (χ0) is 12.3. The smallest absolute Gasteiger partial charge is 0.196 e. The molecule has 0 aliphatic carbocycles. The first-order valence-electron chi connectivity index (χ1n) is 6.51. The van der Waals surface area contributed by atoms with E-state index in [1.54, 1.807) is 6.20 Å². The third-order valence-electron chi connectivity index (χ3n) is 3.50. The maximum atomic E-state index is 8.95. The van der Waals surface area contributed by atoms with Gasteiger partial charge in [-0.2, -0.15) is 0 Å². The van der Waals surface area contributed by atoms with Crippen LogP contribution in [-0.4, -0.2) is 33.6 Å². The molecule has 1 aliphatic heterocycles. The van der Waals surface area contributed by atoms with E-state index in [4.69, 9.17) is 9.52 Å². The Bertz CT molecular complexity index is 349. The van der Waals surface area contributed by atoms with Crippen LogP contribution in [0.3, 0.4) is 0 Å². The van der Waals surface area contributed by atoms with Crippen LogP contribution in [-0.2, 0) is 13.0 Å². The molecule has 4 heteroatoms. The number of hydrogen-bond donors (Lipinski definition) is 1. The Hall–Kier alpha value is -0.870. The summed E-state index contributed by atoms with van der Waals surface area (Å²) >= 11 is 0. The molecule has 0 aromatic carbocycles. The summed E-state index contributed by atoms with van der Waals surface area (Å²) in [5.41, 5.74) is 0. The number of oxazole rings is 1. The van der Waals surface area contributed by atoms with Crippen molar-refractivity contribution in [3.8, 4) is 0 Å². The minimum absolute atomic E-state index is 0.0639. The van der Waals surface area contributed by atoms with E-state index in [1.165, 1.54) is 25.8 Å². The van der Waals surface area contributed by atoms with Crippen molar-refractivity contribution in [3.05, 3.63) is 17.8 Å². The van der Waals surface area contributed by atoms with Gasteiger partial charge in [0.15, 0.2) is 5.89 Å². The Morgan fingerprint density at radius 3 is 3.00 bits per heavy atom. The second-order valence-corrected chi connectivity index (χ2v) is 5.06. The number of aliphatic hydroxyl groups is 1. The van der Waals surface area contributed by atoms with Crippen molar-refractivity contribution in [2.75, 3.05) is 6.54 Å². The van der Waals surface area contributed by atoms with Crippen LogP contribution in [0, 0.1) is 0 Å². The van der Waals surface area contributed by atoms with E-state index in [-0.39, 0.29) is 6.61 Å². The number of likely N-dealkylation sites (tertiary alicyclic amines) is 1. The summed E-state index contributed by atoms with van der Waals surface area (Å²) < 4.78 is 5.48. The molecule has 0 bridgehead atoms. The average Bonchev–Trinajstić information content (AvgIpc) is 2.77. The van der Waals surface area contributed by atoms with Gasteiger partial charge in [0.1, 0.15) is 12.4 Å². The Morgan fingerprint density at radius 2 is 2.35 bits per heavy atom. The lowest BCUT2D eigenvalue weighted by atomic mass is 9.98. The van der Waals surface area contributed by atoms with E-state index in [2.05, 4.69) is 23.7 Å². The number of piperidine rings is 1. The van der Waals surface area contributed by atoms with E-state index >= 15 is 0 Å². The summed E-state index contributed by atoms with van der Waals surface area (Å²) in [6, 6.07) is 1.11. The van der Waals surface area contributed by atoms with Crippen LogP contribution < -0.4 is 0 Å². The zero-order valence-corrected chi connectivity index (χ0v) is 10.7. The van der Waals surface area contributed by atoms with Crippen LogP contribution in [0.15, 0.2) is 10.6 Å². The number of rotatable bonds is 4. The molecule has 2 heterocycles. The highest BCUT2D eigenvalue weighted by molar-refractivity contribution is 4.95.